The molecule has 0 fully saturated rings. The fourth-order valence-corrected chi connectivity index (χ4v) is 4.29. The molecule has 1 aromatic carbocycles. The second kappa shape index (κ2) is 10.2. The van der Waals surface area contributed by atoms with Crippen molar-refractivity contribution in [3.05, 3.63) is 60.3 Å². The van der Waals surface area contributed by atoms with E-state index in [4.69, 9.17) is 9.47 Å². The summed E-state index contributed by atoms with van der Waals surface area (Å²) in [4.78, 5) is 3.88. The number of benzene rings is 1. The van der Waals surface area contributed by atoms with Gasteiger partial charge in [-0.25, -0.2) is 8.60 Å². The highest BCUT2D eigenvalue weighted by atomic mass is 32.2. The zero-order chi connectivity index (χ0) is 25.1. The van der Waals surface area contributed by atoms with Gasteiger partial charge in [0.05, 0.1) is 31.4 Å². The lowest BCUT2D eigenvalue weighted by Gasteiger charge is -2.20. The number of aliphatic hydroxyl groups excluding tert-OH is 1. The predicted octanol–water partition coefficient (Wildman–Crippen LogP) is 2.42. The van der Waals surface area contributed by atoms with Crippen molar-refractivity contribution >= 4 is 16.9 Å². The van der Waals surface area contributed by atoms with E-state index in [1.165, 1.54) is 26.4 Å². The molecule has 3 heterocycles. The minimum absolute atomic E-state index is 0.109. The van der Waals surface area contributed by atoms with Crippen molar-refractivity contribution in [2.75, 3.05) is 18.9 Å². The molecule has 0 amide bonds. The molecule has 13 heteroatoms. The van der Waals surface area contributed by atoms with Crippen molar-refractivity contribution in [2.45, 2.75) is 18.3 Å². The third kappa shape index (κ3) is 4.86. The first-order valence-electron chi connectivity index (χ1n) is 10.5. The van der Waals surface area contributed by atoms with E-state index in [0.717, 1.165) is 6.20 Å². The Bertz CT molecular complexity index is 1320. The molecule has 3 aromatic heterocycles. The molecule has 0 aliphatic heterocycles. The van der Waals surface area contributed by atoms with E-state index < -0.39 is 28.2 Å². The van der Waals surface area contributed by atoms with E-state index in [1.807, 2.05) is 0 Å². The predicted molar refractivity (Wildman–Crippen MR) is 127 cm³/mol. The Morgan fingerprint density at radius 3 is 2.40 bits per heavy atom. The summed E-state index contributed by atoms with van der Waals surface area (Å²) >= 11 is 0. The second-order valence-electron chi connectivity index (χ2n) is 7.52. The average molecular weight is 502 g/mol. The quantitative estimate of drug-likeness (QED) is 0.358. The van der Waals surface area contributed by atoms with Crippen LogP contribution in [0.3, 0.4) is 0 Å². The first-order valence-corrected chi connectivity index (χ1v) is 11.7. The maximum atomic E-state index is 13.2. The normalized spacial score (nSPS) is 13.8. The molecule has 4 rings (SSSR count). The van der Waals surface area contributed by atoms with E-state index in [2.05, 4.69) is 25.0 Å². The number of hydrogen-bond donors (Lipinski definition) is 2. The highest BCUT2D eigenvalue weighted by Gasteiger charge is 2.28. The van der Waals surface area contributed by atoms with Gasteiger partial charge in [-0.1, -0.05) is 6.07 Å². The third-order valence-corrected chi connectivity index (χ3v) is 6.58. The number of hydrogen-bond acceptors (Lipinski definition) is 8. The fraction of sp³-hybridized carbons (Fsp3) is 0.273. The van der Waals surface area contributed by atoms with Crippen LogP contribution in [0.25, 0.3) is 17.2 Å². The minimum Gasteiger partial charge on any atom is -0.494 e. The summed E-state index contributed by atoms with van der Waals surface area (Å²) in [7, 11) is 2.95. The molecule has 0 aliphatic rings. The summed E-state index contributed by atoms with van der Waals surface area (Å²) in [6.07, 6.45) is 1.52. The average Bonchev–Trinajstić information content (AvgIpc) is 3.48. The van der Waals surface area contributed by atoms with Gasteiger partial charge in [0.1, 0.15) is 45.8 Å². The number of aromatic nitrogens is 6. The van der Waals surface area contributed by atoms with Crippen LogP contribution in [0.5, 0.6) is 11.5 Å². The molecule has 11 nitrogen and oxygen atoms in total. The number of pyridine rings is 1. The number of rotatable bonds is 9. The molecule has 0 radical (unpaired) electrons. The van der Waals surface area contributed by atoms with Crippen molar-refractivity contribution in [1.82, 2.24) is 29.5 Å². The van der Waals surface area contributed by atoms with Gasteiger partial charge in [-0.05, 0) is 37.3 Å². The lowest BCUT2D eigenvalue weighted by Crippen LogP contribution is -2.27. The molecular formula is C22H24FN7O4S. The molecule has 2 N–H and O–H groups in total. The van der Waals surface area contributed by atoms with Crippen molar-refractivity contribution in [2.24, 2.45) is 7.05 Å². The molecule has 0 aliphatic carbocycles. The van der Waals surface area contributed by atoms with E-state index in [1.54, 1.807) is 53.7 Å². The summed E-state index contributed by atoms with van der Waals surface area (Å²) < 4.78 is 43.6. The molecule has 184 valence electrons. The molecule has 35 heavy (non-hydrogen) atoms. The smallest absolute Gasteiger partial charge is 0.241 e. The summed E-state index contributed by atoms with van der Waals surface area (Å²) in [6, 6.07) is 9.54. The van der Waals surface area contributed by atoms with Gasteiger partial charge in [-0.15, -0.1) is 10.2 Å². The van der Waals surface area contributed by atoms with Gasteiger partial charge in [0.2, 0.25) is 5.95 Å². The van der Waals surface area contributed by atoms with Crippen molar-refractivity contribution in [3.8, 4) is 28.7 Å². The van der Waals surface area contributed by atoms with Gasteiger partial charge in [-0.3, -0.25) is 19.0 Å². The van der Waals surface area contributed by atoms with Crippen LogP contribution in [0.4, 0.5) is 10.3 Å². The first-order chi connectivity index (χ1) is 16.8. The Kier molecular flexibility index (Phi) is 7.07. The largest absolute Gasteiger partial charge is 0.494 e. The Morgan fingerprint density at radius 1 is 1.11 bits per heavy atom. The van der Waals surface area contributed by atoms with Crippen LogP contribution in [-0.2, 0) is 18.0 Å². The second-order valence-corrected chi connectivity index (χ2v) is 9.06. The van der Waals surface area contributed by atoms with Crippen LogP contribution in [0.15, 0.2) is 48.8 Å². The van der Waals surface area contributed by atoms with Crippen molar-refractivity contribution in [3.63, 3.8) is 0 Å². The molecule has 4 aromatic rings. The van der Waals surface area contributed by atoms with Gasteiger partial charge in [0.25, 0.3) is 0 Å². The van der Waals surface area contributed by atoms with Crippen LogP contribution in [0.1, 0.15) is 18.7 Å². The SMILES string of the molecule is COc1cccc(OC)c1-n1c(NS(=O)C(C)C(O)c2ccc(F)cn2)nnc1-c1ccn(C)n1. The van der Waals surface area contributed by atoms with Crippen molar-refractivity contribution in [1.29, 1.82) is 0 Å². The third-order valence-electron chi connectivity index (χ3n) is 5.26. The number of methoxy groups -OCH3 is 2. The number of anilines is 1. The zero-order valence-corrected chi connectivity index (χ0v) is 20.2. The Labute approximate surface area is 203 Å². The van der Waals surface area contributed by atoms with E-state index >= 15 is 0 Å². The number of para-hydroxylation sites is 1. The van der Waals surface area contributed by atoms with Gasteiger partial charge in [-0.2, -0.15) is 5.10 Å². The van der Waals surface area contributed by atoms with Crippen LogP contribution in [0.2, 0.25) is 0 Å². The number of nitrogens with zero attached hydrogens (tertiary/aromatic N) is 6. The van der Waals surface area contributed by atoms with Gasteiger partial charge in [0.15, 0.2) is 5.82 Å². The van der Waals surface area contributed by atoms with Crippen LogP contribution < -0.4 is 14.2 Å². The standard InChI is InChI=1S/C22H24FN7O4S/c1-13(20(31)15-9-8-14(23)12-24-15)35(32)28-22-26-25-21(16-10-11-29(2)27-16)30(22)19-17(33-3)6-5-7-18(19)34-4/h5-13,20,31H,1-4H3,(H,26,28). The number of halogens is 1. The topological polar surface area (TPSA) is 129 Å². The lowest BCUT2D eigenvalue weighted by atomic mass is 10.2. The number of aryl methyl sites for hydroxylation is 1. The molecule has 0 bridgehead atoms. The van der Waals surface area contributed by atoms with E-state index in [0.29, 0.717) is 28.7 Å². The molecule has 0 saturated heterocycles. The molecule has 3 atom stereocenters. The fourth-order valence-electron chi connectivity index (χ4n) is 3.42. The lowest BCUT2D eigenvalue weighted by molar-refractivity contribution is 0.173. The van der Waals surface area contributed by atoms with E-state index in [-0.39, 0.29) is 11.6 Å². The zero-order valence-electron chi connectivity index (χ0n) is 19.4. The summed E-state index contributed by atoms with van der Waals surface area (Å²) in [5.41, 5.74) is 1.17. The van der Waals surface area contributed by atoms with Crippen LogP contribution in [0, 0.1) is 5.82 Å². The monoisotopic (exact) mass is 501 g/mol. The Balaban J connectivity index is 1.76. The van der Waals surface area contributed by atoms with E-state index in [9.17, 15) is 13.7 Å². The Hall–Kier alpha value is -3.84. The van der Waals surface area contributed by atoms with Gasteiger partial charge >= 0.3 is 0 Å². The highest BCUT2D eigenvalue weighted by Crippen LogP contribution is 2.37. The van der Waals surface area contributed by atoms with Crippen LogP contribution in [-0.4, -0.2) is 58.3 Å². The molecule has 0 spiro atoms. The maximum absolute atomic E-state index is 13.2. The summed E-state index contributed by atoms with van der Waals surface area (Å²) in [5, 5.41) is 22.7. The first kappa shape index (κ1) is 24.3. The number of aliphatic hydroxyl groups is 1. The number of ether oxygens (including phenoxy) is 2. The highest BCUT2D eigenvalue weighted by molar-refractivity contribution is 7.87. The molecule has 0 saturated carbocycles. The van der Waals surface area contributed by atoms with Gasteiger partial charge < -0.3 is 14.6 Å². The summed E-state index contributed by atoms with van der Waals surface area (Å²) in [5.74, 6) is 0.838. The van der Waals surface area contributed by atoms with Crippen LogP contribution >= 0.6 is 0 Å². The minimum atomic E-state index is -1.86. The molecule has 3 unspecified atom stereocenters. The maximum Gasteiger partial charge on any atom is 0.241 e. The Morgan fingerprint density at radius 2 is 1.83 bits per heavy atom. The number of nitrogens with one attached hydrogen (secondary N) is 1. The van der Waals surface area contributed by atoms with Crippen molar-refractivity contribution < 1.29 is 23.2 Å². The summed E-state index contributed by atoms with van der Waals surface area (Å²) in [6.45, 7) is 1.57. The van der Waals surface area contributed by atoms with Gasteiger partial charge in [0, 0.05) is 13.2 Å². The molecular weight excluding hydrogens is 477 g/mol.